The molecule has 1 saturated carbocycles. The van der Waals surface area contributed by atoms with E-state index in [0.29, 0.717) is 5.02 Å². The molecule has 1 aromatic carbocycles. The molecule has 2 aliphatic rings. The standard InChI is InChI=1S/C12H12ClNO2/c13-8-3-1-7(2-4-8)12-11-9(15)5-6-10(11)16-14-12/h1-4,9-11,15H,5-6H2/t9-,10-,11+/m1/s1. The van der Waals surface area contributed by atoms with Crippen molar-refractivity contribution in [3.05, 3.63) is 34.9 Å². The fourth-order valence-electron chi connectivity index (χ4n) is 2.47. The second kappa shape index (κ2) is 3.75. The van der Waals surface area contributed by atoms with Crippen LogP contribution in [0.4, 0.5) is 0 Å². The van der Waals surface area contributed by atoms with Gasteiger partial charge in [0.15, 0.2) is 0 Å². The Morgan fingerprint density at radius 1 is 1.25 bits per heavy atom. The predicted octanol–water partition coefficient (Wildman–Crippen LogP) is 2.21. The zero-order chi connectivity index (χ0) is 11.1. The van der Waals surface area contributed by atoms with Crippen LogP contribution in [0.3, 0.4) is 0 Å². The molecule has 1 heterocycles. The van der Waals surface area contributed by atoms with Gasteiger partial charge in [-0.05, 0) is 30.5 Å². The second-order valence-corrected chi connectivity index (χ2v) is 4.73. The largest absolute Gasteiger partial charge is 0.392 e. The SMILES string of the molecule is O[C@@H]1CC[C@H]2ON=C(c3ccc(Cl)cc3)[C@@H]12. The number of fused-ring (bicyclic) bond motifs is 1. The lowest BCUT2D eigenvalue weighted by molar-refractivity contribution is 0.0583. The quantitative estimate of drug-likeness (QED) is 0.814. The minimum Gasteiger partial charge on any atom is -0.392 e. The molecule has 1 fully saturated rings. The molecule has 3 rings (SSSR count). The Labute approximate surface area is 98.7 Å². The van der Waals surface area contributed by atoms with Crippen LogP contribution >= 0.6 is 11.6 Å². The molecule has 0 saturated heterocycles. The van der Waals surface area contributed by atoms with Crippen molar-refractivity contribution in [1.29, 1.82) is 0 Å². The highest BCUT2D eigenvalue weighted by Crippen LogP contribution is 2.36. The number of oxime groups is 1. The summed E-state index contributed by atoms with van der Waals surface area (Å²) in [6, 6.07) is 7.48. The van der Waals surface area contributed by atoms with Gasteiger partial charge < -0.3 is 9.94 Å². The highest BCUT2D eigenvalue weighted by molar-refractivity contribution is 6.30. The van der Waals surface area contributed by atoms with Gasteiger partial charge in [-0.15, -0.1) is 0 Å². The Morgan fingerprint density at radius 2 is 2.00 bits per heavy atom. The second-order valence-electron chi connectivity index (χ2n) is 4.30. The smallest absolute Gasteiger partial charge is 0.138 e. The van der Waals surface area contributed by atoms with E-state index in [0.717, 1.165) is 24.1 Å². The summed E-state index contributed by atoms with van der Waals surface area (Å²) in [5.74, 6) is 0.0289. The number of nitrogens with zero attached hydrogens (tertiary/aromatic N) is 1. The van der Waals surface area contributed by atoms with Crippen molar-refractivity contribution in [1.82, 2.24) is 0 Å². The molecule has 4 heteroatoms. The van der Waals surface area contributed by atoms with E-state index in [2.05, 4.69) is 5.16 Å². The molecule has 3 atom stereocenters. The highest BCUT2D eigenvalue weighted by Gasteiger charge is 2.44. The van der Waals surface area contributed by atoms with Gasteiger partial charge in [-0.25, -0.2) is 0 Å². The molecule has 84 valence electrons. The summed E-state index contributed by atoms with van der Waals surface area (Å²) in [5, 5.41) is 14.7. The number of aliphatic hydroxyl groups is 1. The van der Waals surface area contributed by atoms with E-state index >= 15 is 0 Å². The Balaban J connectivity index is 1.93. The summed E-state index contributed by atoms with van der Waals surface area (Å²) in [5.41, 5.74) is 1.84. The number of halogens is 1. The molecule has 3 nitrogen and oxygen atoms in total. The van der Waals surface area contributed by atoms with Gasteiger partial charge in [-0.3, -0.25) is 0 Å². The maximum Gasteiger partial charge on any atom is 0.138 e. The molecule has 1 aromatic rings. The molecular formula is C12H12ClNO2. The van der Waals surface area contributed by atoms with E-state index < -0.39 is 0 Å². The molecule has 0 spiro atoms. The van der Waals surface area contributed by atoms with Gasteiger partial charge >= 0.3 is 0 Å². The Kier molecular flexibility index (Phi) is 2.37. The Hall–Kier alpha value is -1.06. The van der Waals surface area contributed by atoms with E-state index in [9.17, 15) is 5.11 Å². The molecular weight excluding hydrogens is 226 g/mol. The van der Waals surface area contributed by atoms with Crippen molar-refractivity contribution in [3.8, 4) is 0 Å². The third-order valence-electron chi connectivity index (χ3n) is 3.30. The first-order valence-electron chi connectivity index (χ1n) is 5.43. The van der Waals surface area contributed by atoms with Crippen LogP contribution in [-0.4, -0.2) is 23.0 Å². The maximum atomic E-state index is 9.90. The number of aliphatic hydroxyl groups excluding tert-OH is 1. The van der Waals surface area contributed by atoms with Crippen molar-refractivity contribution in [2.24, 2.45) is 11.1 Å². The molecule has 0 unspecified atom stereocenters. The van der Waals surface area contributed by atoms with Gasteiger partial charge in [0.1, 0.15) is 6.10 Å². The van der Waals surface area contributed by atoms with Crippen LogP contribution in [0.15, 0.2) is 29.4 Å². The third-order valence-corrected chi connectivity index (χ3v) is 3.56. The van der Waals surface area contributed by atoms with Crippen molar-refractivity contribution >= 4 is 17.3 Å². The van der Waals surface area contributed by atoms with Gasteiger partial charge in [0.05, 0.1) is 17.7 Å². The van der Waals surface area contributed by atoms with Crippen LogP contribution in [0.5, 0.6) is 0 Å². The number of hydrogen-bond donors (Lipinski definition) is 1. The summed E-state index contributed by atoms with van der Waals surface area (Å²) in [4.78, 5) is 5.34. The number of benzene rings is 1. The van der Waals surface area contributed by atoms with Gasteiger partial charge in [0.25, 0.3) is 0 Å². The van der Waals surface area contributed by atoms with Crippen molar-refractivity contribution in [2.45, 2.75) is 25.0 Å². The first-order valence-corrected chi connectivity index (χ1v) is 5.81. The van der Waals surface area contributed by atoms with Crippen LogP contribution in [0, 0.1) is 5.92 Å². The fraction of sp³-hybridized carbons (Fsp3) is 0.417. The van der Waals surface area contributed by atoms with Crippen LogP contribution in [0.1, 0.15) is 18.4 Å². The minimum absolute atomic E-state index is 0.0289. The summed E-state index contributed by atoms with van der Waals surface area (Å²) < 4.78 is 0. The summed E-state index contributed by atoms with van der Waals surface area (Å²) in [7, 11) is 0. The van der Waals surface area contributed by atoms with Crippen molar-refractivity contribution in [2.75, 3.05) is 0 Å². The van der Waals surface area contributed by atoms with Crippen molar-refractivity contribution < 1.29 is 9.94 Å². The van der Waals surface area contributed by atoms with Gasteiger partial charge in [0.2, 0.25) is 0 Å². The van der Waals surface area contributed by atoms with E-state index in [1.54, 1.807) is 0 Å². The molecule has 1 aliphatic carbocycles. The average molecular weight is 238 g/mol. The lowest BCUT2D eigenvalue weighted by atomic mass is 9.93. The summed E-state index contributed by atoms with van der Waals surface area (Å²) >= 11 is 5.84. The molecule has 0 amide bonds. The van der Waals surface area contributed by atoms with E-state index in [1.807, 2.05) is 24.3 Å². The Morgan fingerprint density at radius 3 is 2.75 bits per heavy atom. The van der Waals surface area contributed by atoms with E-state index in [1.165, 1.54) is 0 Å². The molecule has 0 aromatic heterocycles. The minimum atomic E-state index is -0.332. The summed E-state index contributed by atoms with van der Waals surface area (Å²) in [6.45, 7) is 0. The van der Waals surface area contributed by atoms with Crippen LogP contribution in [0.2, 0.25) is 5.02 Å². The van der Waals surface area contributed by atoms with Gasteiger partial charge in [-0.1, -0.05) is 28.9 Å². The van der Waals surface area contributed by atoms with Gasteiger partial charge in [0, 0.05) is 5.02 Å². The first-order chi connectivity index (χ1) is 7.75. The zero-order valence-electron chi connectivity index (χ0n) is 8.64. The van der Waals surface area contributed by atoms with Crippen LogP contribution in [0.25, 0.3) is 0 Å². The van der Waals surface area contributed by atoms with E-state index in [4.69, 9.17) is 16.4 Å². The van der Waals surface area contributed by atoms with Crippen LogP contribution < -0.4 is 0 Å². The molecule has 1 aliphatic heterocycles. The maximum absolute atomic E-state index is 9.90. The highest BCUT2D eigenvalue weighted by atomic mass is 35.5. The normalized spacial score (nSPS) is 32.1. The molecule has 1 N–H and O–H groups in total. The fourth-order valence-corrected chi connectivity index (χ4v) is 2.60. The van der Waals surface area contributed by atoms with E-state index in [-0.39, 0.29) is 18.1 Å². The monoisotopic (exact) mass is 237 g/mol. The van der Waals surface area contributed by atoms with Gasteiger partial charge in [-0.2, -0.15) is 0 Å². The lowest BCUT2D eigenvalue weighted by Crippen LogP contribution is -2.27. The summed E-state index contributed by atoms with van der Waals surface area (Å²) in [6.07, 6.45) is 1.40. The zero-order valence-corrected chi connectivity index (χ0v) is 9.39. The lowest BCUT2D eigenvalue weighted by Gasteiger charge is -2.13. The molecule has 0 radical (unpaired) electrons. The number of rotatable bonds is 1. The van der Waals surface area contributed by atoms with Crippen LogP contribution in [-0.2, 0) is 4.84 Å². The predicted molar refractivity (Wildman–Crippen MR) is 61.6 cm³/mol. The third kappa shape index (κ3) is 1.51. The first kappa shape index (κ1) is 10.1. The van der Waals surface area contributed by atoms with Crippen molar-refractivity contribution in [3.63, 3.8) is 0 Å². The average Bonchev–Trinajstić information content (AvgIpc) is 2.84. The number of hydrogen-bond acceptors (Lipinski definition) is 3. The topological polar surface area (TPSA) is 41.8 Å². The molecule has 0 bridgehead atoms. The molecule has 16 heavy (non-hydrogen) atoms. The Bertz CT molecular complexity index is 429.